The van der Waals surface area contributed by atoms with E-state index in [1.165, 1.54) is 12.8 Å². The van der Waals surface area contributed by atoms with Crippen LogP contribution >= 0.6 is 11.8 Å². The van der Waals surface area contributed by atoms with E-state index in [1.807, 2.05) is 0 Å². The number of carbonyl (C=O) groups excluding carboxylic acids is 1. The van der Waals surface area contributed by atoms with E-state index in [0.29, 0.717) is 11.7 Å². The molecule has 1 aliphatic carbocycles. The zero-order valence-electron chi connectivity index (χ0n) is 8.16. The van der Waals surface area contributed by atoms with E-state index >= 15 is 0 Å². The van der Waals surface area contributed by atoms with Crippen LogP contribution in [-0.4, -0.2) is 35.4 Å². The first-order valence-corrected chi connectivity index (χ1v) is 6.26. The molecule has 2 rings (SSSR count). The number of hydrogen-bond donors (Lipinski definition) is 0. The first kappa shape index (κ1) is 9.38. The van der Waals surface area contributed by atoms with Crippen molar-refractivity contribution in [2.24, 2.45) is 11.8 Å². The van der Waals surface area contributed by atoms with Crippen LogP contribution in [0.4, 0.5) is 0 Å². The minimum Gasteiger partial charge on any atom is -0.341 e. The summed E-state index contributed by atoms with van der Waals surface area (Å²) in [5, 5.41) is 0. The van der Waals surface area contributed by atoms with Gasteiger partial charge in [0.05, 0.1) is 5.75 Å². The van der Waals surface area contributed by atoms with Crippen LogP contribution in [0.5, 0.6) is 0 Å². The lowest BCUT2D eigenvalue weighted by Crippen LogP contribution is -2.43. The Balaban J connectivity index is 1.76. The molecule has 1 amide bonds. The van der Waals surface area contributed by atoms with Gasteiger partial charge in [-0.2, -0.15) is 11.8 Å². The van der Waals surface area contributed by atoms with Crippen molar-refractivity contribution < 1.29 is 4.79 Å². The maximum atomic E-state index is 11.5. The number of nitrogens with zero attached hydrogens (tertiary/aromatic N) is 1. The van der Waals surface area contributed by atoms with Gasteiger partial charge in [0.25, 0.3) is 0 Å². The second-order valence-electron chi connectivity index (χ2n) is 4.33. The van der Waals surface area contributed by atoms with Crippen LogP contribution in [0.1, 0.15) is 19.8 Å². The molecule has 74 valence electrons. The molecule has 2 fully saturated rings. The summed E-state index contributed by atoms with van der Waals surface area (Å²) in [5.41, 5.74) is 0. The average Bonchev–Trinajstić information content (AvgIpc) is 2.06. The summed E-state index contributed by atoms with van der Waals surface area (Å²) in [5.74, 6) is 3.91. The first-order valence-electron chi connectivity index (χ1n) is 5.11. The molecule has 0 aromatic rings. The van der Waals surface area contributed by atoms with E-state index in [1.54, 1.807) is 11.8 Å². The molecule has 0 spiro atoms. The van der Waals surface area contributed by atoms with Crippen LogP contribution in [-0.2, 0) is 4.79 Å². The summed E-state index contributed by atoms with van der Waals surface area (Å²) in [7, 11) is 0. The standard InChI is InChI=1S/C10H17NOS/c1-8-4-9(5-8)6-11-2-3-13-7-10(11)12/h8-9H,2-7H2,1H3. The van der Waals surface area contributed by atoms with Gasteiger partial charge in [0.1, 0.15) is 0 Å². The Bertz CT molecular complexity index is 201. The Labute approximate surface area is 84.1 Å². The predicted molar refractivity (Wildman–Crippen MR) is 55.8 cm³/mol. The van der Waals surface area contributed by atoms with Crippen LogP contribution in [0, 0.1) is 11.8 Å². The Morgan fingerprint density at radius 3 is 2.92 bits per heavy atom. The highest BCUT2D eigenvalue weighted by Gasteiger charge is 2.29. The molecule has 0 radical (unpaired) electrons. The summed E-state index contributed by atoms with van der Waals surface area (Å²) >= 11 is 1.77. The Morgan fingerprint density at radius 2 is 2.31 bits per heavy atom. The van der Waals surface area contributed by atoms with Crippen LogP contribution in [0.3, 0.4) is 0 Å². The third-order valence-electron chi connectivity index (χ3n) is 3.03. The average molecular weight is 199 g/mol. The van der Waals surface area contributed by atoms with E-state index in [2.05, 4.69) is 11.8 Å². The van der Waals surface area contributed by atoms with Gasteiger partial charge in [-0.15, -0.1) is 0 Å². The van der Waals surface area contributed by atoms with Gasteiger partial charge in [-0.25, -0.2) is 0 Å². The summed E-state index contributed by atoms with van der Waals surface area (Å²) < 4.78 is 0. The monoisotopic (exact) mass is 199 g/mol. The van der Waals surface area contributed by atoms with Crippen molar-refractivity contribution in [1.82, 2.24) is 4.90 Å². The number of rotatable bonds is 2. The molecule has 0 atom stereocenters. The van der Waals surface area contributed by atoms with Crippen molar-refractivity contribution in [2.45, 2.75) is 19.8 Å². The minimum absolute atomic E-state index is 0.357. The lowest BCUT2D eigenvalue weighted by molar-refractivity contribution is -0.129. The maximum absolute atomic E-state index is 11.5. The van der Waals surface area contributed by atoms with Gasteiger partial charge < -0.3 is 4.90 Å². The summed E-state index contributed by atoms with van der Waals surface area (Å²) in [6.45, 7) is 4.31. The Morgan fingerprint density at radius 1 is 1.54 bits per heavy atom. The third kappa shape index (κ3) is 2.19. The van der Waals surface area contributed by atoms with E-state index in [9.17, 15) is 4.79 Å². The molecule has 0 N–H and O–H groups in total. The second kappa shape index (κ2) is 3.91. The lowest BCUT2D eigenvalue weighted by Gasteiger charge is -2.38. The Kier molecular flexibility index (Phi) is 2.82. The number of amides is 1. The first-order chi connectivity index (χ1) is 6.25. The normalized spacial score (nSPS) is 34.5. The zero-order chi connectivity index (χ0) is 9.26. The summed E-state index contributed by atoms with van der Waals surface area (Å²) in [4.78, 5) is 13.5. The maximum Gasteiger partial charge on any atom is 0.232 e. The molecular weight excluding hydrogens is 182 g/mol. The van der Waals surface area contributed by atoms with Gasteiger partial charge in [-0.3, -0.25) is 4.79 Å². The molecule has 0 aromatic carbocycles. The molecule has 2 aliphatic rings. The minimum atomic E-state index is 0.357. The quantitative estimate of drug-likeness (QED) is 0.673. The molecular formula is C10H17NOS. The summed E-state index contributed by atoms with van der Waals surface area (Å²) in [6.07, 6.45) is 2.66. The molecule has 13 heavy (non-hydrogen) atoms. The summed E-state index contributed by atoms with van der Waals surface area (Å²) in [6, 6.07) is 0. The van der Waals surface area contributed by atoms with Crippen LogP contribution in [0.25, 0.3) is 0 Å². The Hall–Kier alpha value is -0.180. The highest BCUT2D eigenvalue weighted by molar-refractivity contribution is 8.00. The molecule has 0 unspecified atom stereocenters. The third-order valence-corrected chi connectivity index (χ3v) is 3.96. The highest BCUT2D eigenvalue weighted by atomic mass is 32.2. The van der Waals surface area contributed by atoms with Crippen molar-refractivity contribution in [3.8, 4) is 0 Å². The molecule has 2 nitrogen and oxygen atoms in total. The van der Waals surface area contributed by atoms with Crippen molar-refractivity contribution in [3.05, 3.63) is 0 Å². The molecule has 3 heteroatoms. The van der Waals surface area contributed by atoms with E-state index < -0.39 is 0 Å². The van der Waals surface area contributed by atoms with E-state index in [0.717, 1.165) is 30.7 Å². The zero-order valence-corrected chi connectivity index (χ0v) is 8.98. The SMILES string of the molecule is CC1CC(CN2CCSCC2=O)C1. The largest absolute Gasteiger partial charge is 0.341 e. The van der Waals surface area contributed by atoms with Gasteiger partial charge in [0.2, 0.25) is 5.91 Å². The van der Waals surface area contributed by atoms with E-state index in [-0.39, 0.29) is 0 Å². The predicted octanol–water partition coefficient (Wildman–Crippen LogP) is 1.61. The number of thioether (sulfide) groups is 1. The van der Waals surface area contributed by atoms with Crippen molar-refractivity contribution >= 4 is 17.7 Å². The number of carbonyl (C=O) groups is 1. The number of hydrogen-bond acceptors (Lipinski definition) is 2. The lowest BCUT2D eigenvalue weighted by atomic mass is 9.76. The molecule has 1 heterocycles. The molecule has 1 saturated carbocycles. The molecule has 0 aromatic heterocycles. The highest BCUT2D eigenvalue weighted by Crippen LogP contribution is 2.33. The van der Waals surface area contributed by atoms with Gasteiger partial charge >= 0.3 is 0 Å². The van der Waals surface area contributed by atoms with E-state index in [4.69, 9.17) is 0 Å². The van der Waals surface area contributed by atoms with Gasteiger partial charge in [-0.05, 0) is 24.7 Å². The smallest absolute Gasteiger partial charge is 0.232 e. The topological polar surface area (TPSA) is 20.3 Å². The second-order valence-corrected chi connectivity index (χ2v) is 5.44. The molecule has 1 aliphatic heterocycles. The van der Waals surface area contributed by atoms with Crippen LogP contribution < -0.4 is 0 Å². The fourth-order valence-corrected chi connectivity index (χ4v) is 3.12. The fraction of sp³-hybridized carbons (Fsp3) is 0.900. The van der Waals surface area contributed by atoms with Crippen molar-refractivity contribution in [1.29, 1.82) is 0 Å². The fourth-order valence-electron chi connectivity index (χ4n) is 2.27. The molecule has 1 saturated heterocycles. The van der Waals surface area contributed by atoms with Gasteiger partial charge in [0.15, 0.2) is 0 Å². The van der Waals surface area contributed by atoms with Crippen LogP contribution in [0.2, 0.25) is 0 Å². The molecule has 0 bridgehead atoms. The van der Waals surface area contributed by atoms with Gasteiger partial charge in [0, 0.05) is 18.8 Å². The van der Waals surface area contributed by atoms with Crippen LogP contribution in [0.15, 0.2) is 0 Å². The van der Waals surface area contributed by atoms with Crippen molar-refractivity contribution in [3.63, 3.8) is 0 Å². The van der Waals surface area contributed by atoms with Crippen molar-refractivity contribution in [2.75, 3.05) is 24.6 Å². The van der Waals surface area contributed by atoms with Gasteiger partial charge in [-0.1, -0.05) is 6.92 Å².